The number of nitrogens with zero attached hydrogens (tertiary/aromatic N) is 1. The first-order valence-corrected chi connectivity index (χ1v) is 8.55. The SMILES string of the molecule is O=C(Cc1ccc(Cl)cc1)Cc1ccc(/C=C/C(=O)c2ncc[nH]2)cc1. The quantitative estimate of drug-likeness (QED) is 0.501. The average Bonchev–Trinajstić information content (AvgIpc) is 3.17. The van der Waals surface area contributed by atoms with Crippen molar-refractivity contribution >= 4 is 29.2 Å². The Morgan fingerprint density at radius 1 is 0.962 bits per heavy atom. The van der Waals surface area contributed by atoms with E-state index < -0.39 is 0 Å². The van der Waals surface area contributed by atoms with Gasteiger partial charge in [0.1, 0.15) is 5.78 Å². The van der Waals surface area contributed by atoms with Gasteiger partial charge in [-0.25, -0.2) is 4.98 Å². The van der Waals surface area contributed by atoms with Gasteiger partial charge in [-0.05, 0) is 34.9 Å². The van der Waals surface area contributed by atoms with Crippen LogP contribution in [-0.4, -0.2) is 21.5 Å². The number of ketones is 2. The normalized spacial score (nSPS) is 11.0. The maximum Gasteiger partial charge on any atom is 0.221 e. The number of benzene rings is 2. The van der Waals surface area contributed by atoms with Crippen molar-refractivity contribution < 1.29 is 9.59 Å². The Morgan fingerprint density at radius 2 is 1.58 bits per heavy atom. The van der Waals surface area contributed by atoms with Crippen LogP contribution in [0, 0.1) is 0 Å². The summed E-state index contributed by atoms with van der Waals surface area (Å²) in [7, 11) is 0. The van der Waals surface area contributed by atoms with E-state index in [4.69, 9.17) is 11.6 Å². The molecule has 1 aromatic heterocycles. The van der Waals surface area contributed by atoms with E-state index in [0.29, 0.717) is 23.7 Å². The topological polar surface area (TPSA) is 62.8 Å². The number of rotatable bonds is 7. The lowest BCUT2D eigenvalue weighted by molar-refractivity contribution is -0.117. The van der Waals surface area contributed by atoms with Crippen molar-refractivity contribution in [2.45, 2.75) is 12.8 Å². The first kappa shape index (κ1) is 17.8. The molecule has 0 aliphatic carbocycles. The molecular formula is C21H17ClN2O2. The summed E-state index contributed by atoms with van der Waals surface area (Å²) in [6.07, 6.45) is 7.10. The lowest BCUT2D eigenvalue weighted by atomic mass is 10.0. The third-order valence-corrected chi connectivity index (χ3v) is 4.11. The van der Waals surface area contributed by atoms with E-state index in [1.54, 1.807) is 24.4 Å². The van der Waals surface area contributed by atoms with Crippen LogP contribution in [-0.2, 0) is 17.6 Å². The molecular weight excluding hydrogens is 348 g/mol. The van der Waals surface area contributed by atoms with Crippen molar-refractivity contribution in [2.24, 2.45) is 0 Å². The Labute approximate surface area is 156 Å². The fraction of sp³-hybridized carbons (Fsp3) is 0.0952. The number of aromatic amines is 1. The highest BCUT2D eigenvalue weighted by Crippen LogP contribution is 2.12. The zero-order valence-corrected chi connectivity index (χ0v) is 14.7. The highest BCUT2D eigenvalue weighted by Gasteiger charge is 2.06. The first-order chi connectivity index (χ1) is 12.6. The van der Waals surface area contributed by atoms with Crippen LogP contribution in [0.3, 0.4) is 0 Å². The summed E-state index contributed by atoms with van der Waals surface area (Å²) in [6.45, 7) is 0. The largest absolute Gasteiger partial charge is 0.342 e. The molecule has 130 valence electrons. The van der Waals surface area contributed by atoms with Crippen molar-refractivity contribution in [3.63, 3.8) is 0 Å². The molecule has 4 nitrogen and oxygen atoms in total. The maximum atomic E-state index is 12.2. The summed E-state index contributed by atoms with van der Waals surface area (Å²) in [6, 6.07) is 14.9. The van der Waals surface area contributed by atoms with Gasteiger partial charge < -0.3 is 4.98 Å². The Morgan fingerprint density at radius 3 is 2.15 bits per heavy atom. The van der Waals surface area contributed by atoms with Crippen molar-refractivity contribution in [1.82, 2.24) is 9.97 Å². The van der Waals surface area contributed by atoms with Gasteiger partial charge in [-0.3, -0.25) is 9.59 Å². The van der Waals surface area contributed by atoms with Crippen LogP contribution in [0.25, 0.3) is 6.08 Å². The molecule has 0 fully saturated rings. The minimum Gasteiger partial charge on any atom is -0.342 e. The number of hydrogen-bond donors (Lipinski definition) is 1. The van der Waals surface area contributed by atoms with Crippen LogP contribution in [0.4, 0.5) is 0 Å². The van der Waals surface area contributed by atoms with E-state index in [1.165, 1.54) is 12.3 Å². The molecule has 0 atom stereocenters. The molecule has 0 saturated carbocycles. The second-order valence-electron chi connectivity index (χ2n) is 5.90. The zero-order valence-electron chi connectivity index (χ0n) is 14.0. The minimum absolute atomic E-state index is 0.142. The predicted octanol–water partition coefficient (Wildman–Crippen LogP) is 4.31. The van der Waals surface area contributed by atoms with Gasteiger partial charge in [-0.15, -0.1) is 0 Å². The lowest BCUT2D eigenvalue weighted by Gasteiger charge is -2.03. The Hall–Kier alpha value is -2.98. The van der Waals surface area contributed by atoms with Gasteiger partial charge in [0.25, 0.3) is 0 Å². The maximum absolute atomic E-state index is 12.2. The van der Waals surface area contributed by atoms with Gasteiger partial charge in [0.05, 0.1) is 0 Å². The van der Waals surface area contributed by atoms with E-state index in [0.717, 1.165) is 16.7 Å². The second kappa shape index (κ2) is 8.41. The lowest BCUT2D eigenvalue weighted by Crippen LogP contribution is -2.06. The Balaban J connectivity index is 1.56. The zero-order chi connectivity index (χ0) is 18.4. The van der Waals surface area contributed by atoms with Crippen LogP contribution in [0.1, 0.15) is 27.3 Å². The van der Waals surface area contributed by atoms with E-state index >= 15 is 0 Å². The number of nitrogens with one attached hydrogen (secondary N) is 1. The van der Waals surface area contributed by atoms with Crippen molar-refractivity contribution in [3.8, 4) is 0 Å². The predicted molar refractivity (Wildman–Crippen MR) is 102 cm³/mol. The molecule has 0 saturated heterocycles. The Kier molecular flexibility index (Phi) is 5.77. The highest BCUT2D eigenvalue weighted by molar-refractivity contribution is 6.30. The Bertz CT molecular complexity index is 912. The van der Waals surface area contributed by atoms with E-state index in [9.17, 15) is 9.59 Å². The molecule has 1 heterocycles. The number of aromatic nitrogens is 2. The number of carbonyl (C=O) groups is 2. The van der Waals surface area contributed by atoms with E-state index in [2.05, 4.69) is 9.97 Å². The summed E-state index contributed by atoms with van der Waals surface area (Å²) in [5.74, 6) is 0.270. The molecule has 2 aromatic carbocycles. The molecule has 3 rings (SSSR count). The number of allylic oxidation sites excluding steroid dienone is 1. The molecule has 1 N–H and O–H groups in total. The number of hydrogen-bond acceptors (Lipinski definition) is 3. The first-order valence-electron chi connectivity index (χ1n) is 8.17. The van der Waals surface area contributed by atoms with E-state index in [1.807, 2.05) is 36.4 Å². The van der Waals surface area contributed by atoms with Gasteiger partial charge >= 0.3 is 0 Å². The number of H-pyrrole nitrogens is 1. The van der Waals surface area contributed by atoms with Gasteiger partial charge in [-0.1, -0.05) is 54.1 Å². The number of carbonyl (C=O) groups excluding carboxylic acids is 2. The molecule has 0 unspecified atom stereocenters. The second-order valence-corrected chi connectivity index (χ2v) is 6.33. The minimum atomic E-state index is -0.183. The molecule has 3 aromatic rings. The third kappa shape index (κ3) is 5.01. The van der Waals surface area contributed by atoms with Gasteiger partial charge in [0.2, 0.25) is 5.78 Å². The number of Topliss-reactive ketones (excluding diaryl/α,β-unsaturated/α-hetero) is 1. The van der Waals surface area contributed by atoms with Crippen LogP contribution < -0.4 is 0 Å². The van der Waals surface area contributed by atoms with Crippen LogP contribution in [0.15, 0.2) is 67.0 Å². The molecule has 0 spiro atoms. The fourth-order valence-corrected chi connectivity index (χ4v) is 2.64. The standard InChI is InChI=1S/C21H17ClN2O2/c22-18-8-5-17(6-9-18)14-19(25)13-16-3-1-15(2-4-16)7-10-20(26)21-23-11-12-24-21/h1-12H,13-14H2,(H,23,24)/b10-7+. The summed E-state index contributed by atoms with van der Waals surface area (Å²) in [4.78, 5) is 30.7. The monoisotopic (exact) mass is 364 g/mol. The summed E-state index contributed by atoms with van der Waals surface area (Å²) >= 11 is 5.85. The van der Waals surface area contributed by atoms with Gasteiger partial charge in [0, 0.05) is 30.3 Å². The molecule has 0 radical (unpaired) electrons. The van der Waals surface area contributed by atoms with Gasteiger partial charge in [-0.2, -0.15) is 0 Å². The third-order valence-electron chi connectivity index (χ3n) is 3.85. The number of halogens is 1. The van der Waals surface area contributed by atoms with Crippen molar-refractivity contribution in [1.29, 1.82) is 0 Å². The molecule has 0 aliphatic heterocycles. The molecule has 0 amide bonds. The van der Waals surface area contributed by atoms with Crippen molar-refractivity contribution in [3.05, 3.63) is 94.5 Å². The van der Waals surface area contributed by atoms with Gasteiger partial charge in [0.15, 0.2) is 5.82 Å². The van der Waals surface area contributed by atoms with E-state index in [-0.39, 0.29) is 11.6 Å². The average molecular weight is 365 g/mol. The molecule has 26 heavy (non-hydrogen) atoms. The summed E-state index contributed by atoms with van der Waals surface area (Å²) in [5.41, 5.74) is 2.78. The summed E-state index contributed by atoms with van der Waals surface area (Å²) < 4.78 is 0. The molecule has 0 aliphatic rings. The van der Waals surface area contributed by atoms with Crippen LogP contribution in [0.2, 0.25) is 5.02 Å². The smallest absolute Gasteiger partial charge is 0.221 e. The molecule has 5 heteroatoms. The molecule has 0 bridgehead atoms. The fourth-order valence-electron chi connectivity index (χ4n) is 2.52. The summed E-state index contributed by atoms with van der Waals surface area (Å²) in [5, 5.41) is 0.662. The number of imidazole rings is 1. The van der Waals surface area contributed by atoms with Crippen molar-refractivity contribution in [2.75, 3.05) is 0 Å². The van der Waals surface area contributed by atoms with Crippen LogP contribution in [0.5, 0.6) is 0 Å². The highest BCUT2D eigenvalue weighted by atomic mass is 35.5. The van der Waals surface area contributed by atoms with Crippen LogP contribution >= 0.6 is 11.6 Å².